The van der Waals surface area contributed by atoms with Crippen molar-refractivity contribution in [2.45, 2.75) is 19.4 Å². The molecule has 1 atom stereocenters. The number of hydrogen-bond donors (Lipinski definition) is 2. The number of nitrogens with two attached hydrogens (primary N) is 1. The molecule has 0 saturated carbocycles. The van der Waals surface area contributed by atoms with Crippen LogP contribution in [-0.2, 0) is 0 Å². The maximum Gasteiger partial charge on any atom is 0.255 e. The van der Waals surface area contributed by atoms with Crippen LogP contribution in [0.4, 0.5) is 11.4 Å². The van der Waals surface area contributed by atoms with Crippen LogP contribution in [0.3, 0.4) is 0 Å². The smallest absolute Gasteiger partial charge is 0.255 e. The third kappa shape index (κ3) is 4.67. The Morgan fingerprint density at radius 1 is 1.47 bits per heavy atom. The van der Waals surface area contributed by atoms with Gasteiger partial charge in [-0.15, -0.1) is 0 Å². The molecule has 5 heteroatoms. The predicted molar refractivity (Wildman–Crippen MR) is 85.0 cm³/mol. The maximum atomic E-state index is 12.1. The topological polar surface area (TPSA) is 58.4 Å². The third-order valence-electron chi connectivity index (χ3n) is 2.84. The van der Waals surface area contributed by atoms with Crippen LogP contribution in [0.15, 0.2) is 18.2 Å². The monoisotopic (exact) mass is 281 g/mol. The van der Waals surface area contributed by atoms with E-state index in [1.54, 1.807) is 31.1 Å². The summed E-state index contributed by atoms with van der Waals surface area (Å²) in [5.41, 5.74) is 7.95. The molecule has 0 heterocycles. The number of nitrogens with zero attached hydrogens (tertiary/aromatic N) is 1. The fourth-order valence-electron chi connectivity index (χ4n) is 1.74. The van der Waals surface area contributed by atoms with Crippen LogP contribution in [0.1, 0.15) is 23.7 Å². The first kappa shape index (κ1) is 15.7. The lowest BCUT2D eigenvalue weighted by Crippen LogP contribution is -2.25. The van der Waals surface area contributed by atoms with Crippen molar-refractivity contribution in [1.29, 1.82) is 0 Å². The molecular weight excluding hydrogens is 258 g/mol. The number of amides is 1. The van der Waals surface area contributed by atoms with Crippen LogP contribution >= 0.6 is 11.8 Å². The van der Waals surface area contributed by atoms with E-state index in [0.29, 0.717) is 17.3 Å². The third-order valence-corrected chi connectivity index (χ3v) is 3.48. The Balaban J connectivity index is 2.91. The van der Waals surface area contributed by atoms with E-state index in [1.165, 1.54) is 0 Å². The van der Waals surface area contributed by atoms with E-state index in [9.17, 15) is 4.79 Å². The molecule has 0 aromatic heterocycles. The van der Waals surface area contributed by atoms with Gasteiger partial charge in [0.15, 0.2) is 0 Å². The Morgan fingerprint density at radius 2 is 2.16 bits per heavy atom. The van der Waals surface area contributed by atoms with E-state index in [0.717, 1.165) is 17.9 Å². The van der Waals surface area contributed by atoms with Gasteiger partial charge in [0.05, 0.1) is 5.56 Å². The van der Waals surface area contributed by atoms with Crippen molar-refractivity contribution >= 4 is 29.0 Å². The molecule has 4 nitrogen and oxygen atoms in total. The average Bonchev–Trinajstić information content (AvgIpc) is 2.35. The van der Waals surface area contributed by atoms with Crippen LogP contribution in [0.25, 0.3) is 0 Å². The highest BCUT2D eigenvalue weighted by Crippen LogP contribution is 2.22. The van der Waals surface area contributed by atoms with Crippen molar-refractivity contribution in [1.82, 2.24) is 4.90 Å². The number of benzene rings is 1. The van der Waals surface area contributed by atoms with Crippen LogP contribution in [0.2, 0.25) is 0 Å². The van der Waals surface area contributed by atoms with Crippen molar-refractivity contribution in [2.75, 3.05) is 37.2 Å². The lowest BCUT2D eigenvalue weighted by Gasteiger charge is -2.19. The second-order valence-electron chi connectivity index (χ2n) is 4.83. The molecule has 0 radical (unpaired) electrons. The highest BCUT2D eigenvalue weighted by atomic mass is 32.2. The standard InChI is InChI=1S/C14H23N3OS/c1-10(7-8-19-4)16-13-9-11(15)5-6-12(13)14(18)17(2)3/h5-6,9-10,16H,7-8,15H2,1-4H3. The van der Waals surface area contributed by atoms with Gasteiger partial charge in [-0.05, 0) is 43.6 Å². The minimum Gasteiger partial charge on any atom is -0.399 e. The summed E-state index contributed by atoms with van der Waals surface area (Å²) in [6.45, 7) is 2.11. The summed E-state index contributed by atoms with van der Waals surface area (Å²) in [5.74, 6) is 1.08. The zero-order valence-electron chi connectivity index (χ0n) is 12.1. The summed E-state index contributed by atoms with van der Waals surface area (Å²) in [5, 5.41) is 3.38. The summed E-state index contributed by atoms with van der Waals surface area (Å²) in [6.07, 6.45) is 3.14. The van der Waals surface area contributed by atoms with Crippen molar-refractivity contribution in [3.8, 4) is 0 Å². The van der Waals surface area contributed by atoms with Gasteiger partial charge >= 0.3 is 0 Å². The highest BCUT2D eigenvalue weighted by Gasteiger charge is 2.14. The molecular formula is C14H23N3OS. The molecule has 19 heavy (non-hydrogen) atoms. The first-order valence-corrected chi connectivity index (χ1v) is 7.71. The second kappa shape index (κ2) is 7.28. The summed E-state index contributed by atoms with van der Waals surface area (Å²) < 4.78 is 0. The number of anilines is 2. The van der Waals surface area contributed by atoms with E-state index in [2.05, 4.69) is 18.5 Å². The van der Waals surface area contributed by atoms with Gasteiger partial charge in [0, 0.05) is 31.5 Å². The number of nitrogens with one attached hydrogen (secondary N) is 1. The van der Waals surface area contributed by atoms with Crippen LogP contribution in [0.5, 0.6) is 0 Å². The largest absolute Gasteiger partial charge is 0.399 e. The van der Waals surface area contributed by atoms with Gasteiger partial charge < -0.3 is 16.0 Å². The molecule has 1 amide bonds. The number of rotatable bonds is 6. The lowest BCUT2D eigenvalue weighted by molar-refractivity contribution is 0.0828. The van der Waals surface area contributed by atoms with E-state index in [4.69, 9.17) is 5.73 Å². The summed E-state index contributed by atoms with van der Waals surface area (Å²) >= 11 is 1.82. The zero-order chi connectivity index (χ0) is 14.4. The highest BCUT2D eigenvalue weighted by molar-refractivity contribution is 7.98. The fraction of sp³-hybridized carbons (Fsp3) is 0.500. The Kier molecular flexibility index (Phi) is 6.02. The van der Waals surface area contributed by atoms with E-state index >= 15 is 0 Å². The van der Waals surface area contributed by atoms with Crippen molar-refractivity contribution in [3.05, 3.63) is 23.8 Å². The van der Waals surface area contributed by atoms with Crippen LogP contribution < -0.4 is 11.1 Å². The van der Waals surface area contributed by atoms with Gasteiger partial charge in [0.2, 0.25) is 0 Å². The van der Waals surface area contributed by atoms with Crippen molar-refractivity contribution in [3.63, 3.8) is 0 Å². The number of carbonyl (C=O) groups excluding carboxylic acids is 1. The molecule has 0 saturated heterocycles. The molecule has 1 aromatic rings. The fourth-order valence-corrected chi connectivity index (χ4v) is 2.33. The zero-order valence-corrected chi connectivity index (χ0v) is 12.9. The molecule has 0 fully saturated rings. The molecule has 1 rings (SSSR count). The van der Waals surface area contributed by atoms with Gasteiger partial charge in [-0.2, -0.15) is 11.8 Å². The normalized spacial score (nSPS) is 12.0. The van der Waals surface area contributed by atoms with Gasteiger partial charge in [0.1, 0.15) is 0 Å². The van der Waals surface area contributed by atoms with Gasteiger partial charge in [-0.25, -0.2) is 0 Å². The van der Waals surface area contributed by atoms with E-state index in [1.807, 2.05) is 17.8 Å². The van der Waals surface area contributed by atoms with E-state index < -0.39 is 0 Å². The Morgan fingerprint density at radius 3 is 2.74 bits per heavy atom. The number of carbonyl (C=O) groups is 1. The molecule has 1 aromatic carbocycles. The summed E-state index contributed by atoms with van der Waals surface area (Å²) in [6, 6.07) is 5.67. The van der Waals surface area contributed by atoms with Gasteiger partial charge in [0.25, 0.3) is 5.91 Å². The SMILES string of the molecule is CSCCC(C)Nc1cc(N)ccc1C(=O)N(C)C. The molecule has 106 valence electrons. The molecule has 0 aliphatic rings. The molecule has 0 bridgehead atoms. The number of hydrogen-bond acceptors (Lipinski definition) is 4. The Labute approximate surface area is 119 Å². The molecule has 0 aliphatic carbocycles. The number of nitrogen functional groups attached to an aromatic ring is 1. The minimum absolute atomic E-state index is 0.0143. The molecule has 1 unspecified atom stereocenters. The van der Waals surface area contributed by atoms with Gasteiger partial charge in [-0.1, -0.05) is 0 Å². The molecule has 0 spiro atoms. The first-order valence-electron chi connectivity index (χ1n) is 6.32. The quantitative estimate of drug-likeness (QED) is 0.787. The van der Waals surface area contributed by atoms with Crippen LogP contribution in [-0.4, -0.2) is 43.0 Å². The molecule has 0 aliphatic heterocycles. The Bertz CT molecular complexity index is 435. The van der Waals surface area contributed by atoms with E-state index in [-0.39, 0.29) is 5.91 Å². The predicted octanol–water partition coefficient (Wildman–Crippen LogP) is 2.52. The first-order chi connectivity index (χ1) is 8.95. The second-order valence-corrected chi connectivity index (χ2v) is 5.82. The van der Waals surface area contributed by atoms with Gasteiger partial charge in [-0.3, -0.25) is 4.79 Å². The number of thioether (sulfide) groups is 1. The minimum atomic E-state index is -0.0143. The average molecular weight is 281 g/mol. The van der Waals surface area contributed by atoms with Crippen LogP contribution in [0, 0.1) is 0 Å². The summed E-state index contributed by atoms with van der Waals surface area (Å²) in [4.78, 5) is 13.7. The summed E-state index contributed by atoms with van der Waals surface area (Å²) in [7, 11) is 3.50. The van der Waals surface area contributed by atoms with Crippen molar-refractivity contribution in [2.24, 2.45) is 0 Å². The lowest BCUT2D eigenvalue weighted by atomic mass is 10.1. The Hall–Kier alpha value is -1.36. The molecule has 3 N–H and O–H groups in total. The van der Waals surface area contributed by atoms with Crippen molar-refractivity contribution < 1.29 is 4.79 Å². The maximum absolute atomic E-state index is 12.1.